The number of esters is 1. The molecule has 0 aliphatic heterocycles. The second-order valence-corrected chi connectivity index (χ2v) is 7.41. The Morgan fingerprint density at radius 2 is 1.73 bits per heavy atom. The molecule has 0 spiro atoms. The number of carbonyl (C=O) groups is 2. The Morgan fingerprint density at radius 3 is 2.48 bits per heavy atom. The standard InChI is InChI=1S/C25H18ClNO6/c1-31-25(30)17-9-5-6-10-19(17)27-21(28)14-32-24-22(29)18-13-16(26)11-12-20(18)33-23(24)15-7-3-2-4-8-15/h2-13H,14H2,1H3,(H,27,28). The number of rotatable bonds is 6. The smallest absolute Gasteiger partial charge is 0.339 e. The van der Waals surface area contributed by atoms with Crippen molar-refractivity contribution in [1.29, 1.82) is 0 Å². The summed E-state index contributed by atoms with van der Waals surface area (Å²) in [6, 6.07) is 20.0. The van der Waals surface area contributed by atoms with Crippen molar-refractivity contribution in [2.75, 3.05) is 19.0 Å². The van der Waals surface area contributed by atoms with Crippen LogP contribution in [-0.2, 0) is 9.53 Å². The van der Waals surface area contributed by atoms with Crippen LogP contribution in [0.4, 0.5) is 5.69 Å². The summed E-state index contributed by atoms with van der Waals surface area (Å²) in [5.74, 6) is -1.09. The molecule has 166 valence electrons. The van der Waals surface area contributed by atoms with E-state index in [0.717, 1.165) is 0 Å². The fraction of sp³-hybridized carbons (Fsp3) is 0.0800. The summed E-state index contributed by atoms with van der Waals surface area (Å²) in [6.07, 6.45) is 0. The van der Waals surface area contributed by atoms with Gasteiger partial charge in [0.05, 0.1) is 23.7 Å². The minimum atomic E-state index is -0.592. The van der Waals surface area contributed by atoms with Gasteiger partial charge in [0.25, 0.3) is 5.91 Å². The molecule has 0 fully saturated rings. The van der Waals surface area contributed by atoms with Crippen LogP contribution in [0.1, 0.15) is 10.4 Å². The molecule has 0 saturated heterocycles. The lowest BCUT2D eigenvalue weighted by Gasteiger charge is -2.13. The predicted octanol–water partition coefficient (Wildman–Crippen LogP) is 4.92. The van der Waals surface area contributed by atoms with Gasteiger partial charge in [-0.2, -0.15) is 0 Å². The van der Waals surface area contributed by atoms with Gasteiger partial charge in [0, 0.05) is 10.6 Å². The molecular weight excluding hydrogens is 446 g/mol. The van der Waals surface area contributed by atoms with Gasteiger partial charge in [0.1, 0.15) is 5.58 Å². The molecule has 0 aliphatic carbocycles. The second kappa shape index (κ2) is 9.58. The normalized spacial score (nSPS) is 10.6. The zero-order valence-electron chi connectivity index (χ0n) is 17.5. The van der Waals surface area contributed by atoms with E-state index in [2.05, 4.69) is 5.32 Å². The number of para-hydroxylation sites is 1. The number of benzene rings is 3. The number of ether oxygens (including phenoxy) is 2. The van der Waals surface area contributed by atoms with Crippen LogP contribution in [0.2, 0.25) is 5.02 Å². The molecule has 0 atom stereocenters. The Balaban J connectivity index is 1.66. The van der Waals surface area contributed by atoms with Gasteiger partial charge >= 0.3 is 5.97 Å². The Labute approximate surface area is 193 Å². The first-order valence-electron chi connectivity index (χ1n) is 9.89. The summed E-state index contributed by atoms with van der Waals surface area (Å²) >= 11 is 6.05. The van der Waals surface area contributed by atoms with Gasteiger partial charge in [-0.25, -0.2) is 4.79 Å². The van der Waals surface area contributed by atoms with Crippen LogP contribution in [0.5, 0.6) is 5.75 Å². The molecule has 1 amide bonds. The van der Waals surface area contributed by atoms with Crippen LogP contribution in [0.15, 0.2) is 82.0 Å². The van der Waals surface area contributed by atoms with Gasteiger partial charge < -0.3 is 19.2 Å². The van der Waals surface area contributed by atoms with Crippen LogP contribution in [0.25, 0.3) is 22.3 Å². The first kappa shape index (κ1) is 22.1. The predicted molar refractivity (Wildman–Crippen MR) is 125 cm³/mol. The molecule has 4 aromatic rings. The van der Waals surface area contributed by atoms with Crippen molar-refractivity contribution >= 4 is 40.1 Å². The SMILES string of the molecule is COC(=O)c1ccccc1NC(=O)COc1c(-c2ccccc2)oc2ccc(Cl)cc2c1=O. The number of anilines is 1. The number of halogens is 1. The molecule has 4 rings (SSSR count). The van der Waals surface area contributed by atoms with Crippen molar-refractivity contribution in [3.05, 3.63) is 93.6 Å². The molecular formula is C25H18ClNO6. The number of amides is 1. The molecule has 1 heterocycles. The van der Waals surface area contributed by atoms with Gasteiger partial charge in [0.15, 0.2) is 12.4 Å². The summed E-state index contributed by atoms with van der Waals surface area (Å²) in [7, 11) is 1.25. The average Bonchev–Trinajstić information content (AvgIpc) is 2.84. The van der Waals surface area contributed by atoms with Crippen molar-refractivity contribution in [3.8, 4) is 17.1 Å². The number of carbonyl (C=O) groups excluding carboxylic acids is 2. The number of hydrogen-bond donors (Lipinski definition) is 1. The number of fused-ring (bicyclic) bond motifs is 1. The van der Waals surface area contributed by atoms with Crippen LogP contribution in [0, 0.1) is 0 Å². The maximum absolute atomic E-state index is 13.2. The molecule has 1 aromatic heterocycles. The van der Waals surface area contributed by atoms with Crippen LogP contribution >= 0.6 is 11.6 Å². The van der Waals surface area contributed by atoms with Crippen molar-refractivity contribution in [3.63, 3.8) is 0 Å². The molecule has 3 aromatic carbocycles. The second-order valence-electron chi connectivity index (χ2n) is 6.97. The zero-order chi connectivity index (χ0) is 23.4. The van der Waals surface area contributed by atoms with E-state index >= 15 is 0 Å². The third-order valence-corrected chi connectivity index (χ3v) is 5.04. The van der Waals surface area contributed by atoms with Crippen LogP contribution in [-0.4, -0.2) is 25.6 Å². The number of nitrogens with one attached hydrogen (secondary N) is 1. The van der Waals surface area contributed by atoms with Crippen molar-refractivity contribution in [2.24, 2.45) is 0 Å². The highest BCUT2D eigenvalue weighted by atomic mass is 35.5. The lowest BCUT2D eigenvalue weighted by atomic mass is 10.1. The molecule has 0 radical (unpaired) electrons. The van der Waals surface area contributed by atoms with E-state index < -0.39 is 23.9 Å². The fourth-order valence-corrected chi connectivity index (χ4v) is 3.44. The van der Waals surface area contributed by atoms with Crippen LogP contribution < -0.4 is 15.5 Å². The lowest BCUT2D eigenvalue weighted by molar-refractivity contribution is -0.118. The average molecular weight is 464 g/mol. The number of methoxy groups -OCH3 is 1. The Bertz CT molecular complexity index is 1400. The first-order valence-corrected chi connectivity index (χ1v) is 10.3. The summed E-state index contributed by atoms with van der Waals surface area (Å²) in [6.45, 7) is -0.494. The molecule has 0 aliphatic rings. The van der Waals surface area contributed by atoms with Gasteiger partial charge in [-0.3, -0.25) is 9.59 Å². The topological polar surface area (TPSA) is 94.8 Å². The summed E-state index contributed by atoms with van der Waals surface area (Å²) in [5, 5.41) is 3.20. The molecule has 33 heavy (non-hydrogen) atoms. The molecule has 0 saturated carbocycles. The minimum Gasteiger partial charge on any atom is -0.476 e. The highest BCUT2D eigenvalue weighted by molar-refractivity contribution is 6.31. The third-order valence-electron chi connectivity index (χ3n) is 4.80. The highest BCUT2D eigenvalue weighted by Crippen LogP contribution is 2.31. The quantitative estimate of drug-likeness (QED) is 0.408. The van der Waals surface area contributed by atoms with Crippen molar-refractivity contribution in [2.45, 2.75) is 0 Å². The third kappa shape index (κ3) is 4.73. The maximum atomic E-state index is 13.2. The zero-order valence-corrected chi connectivity index (χ0v) is 18.2. The van der Waals surface area contributed by atoms with E-state index in [9.17, 15) is 14.4 Å². The van der Waals surface area contributed by atoms with E-state index in [0.29, 0.717) is 16.2 Å². The van der Waals surface area contributed by atoms with Gasteiger partial charge in [-0.15, -0.1) is 0 Å². The number of hydrogen-bond acceptors (Lipinski definition) is 6. The Hall–Kier alpha value is -4.10. The molecule has 7 nitrogen and oxygen atoms in total. The fourth-order valence-electron chi connectivity index (χ4n) is 3.27. The largest absolute Gasteiger partial charge is 0.476 e. The van der Waals surface area contributed by atoms with Crippen molar-refractivity contribution < 1.29 is 23.5 Å². The first-order chi connectivity index (χ1) is 16.0. The van der Waals surface area contributed by atoms with E-state index in [1.165, 1.54) is 19.2 Å². The van der Waals surface area contributed by atoms with Crippen molar-refractivity contribution in [1.82, 2.24) is 0 Å². The summed E-state index contributed by atoms with van der Waals surface area (Å²) < 4.78 is 16.3. The monoisotopic (exact) mass is 463 g/mol. The van der Waals surface area contributed by atoms with Gasteiger partial charge in [0.2, 0.25) is 11.2 Å². The molecule has 8 heteroatoms. The molecule has 0 unspecified atom stereocenters. The van der Waals surface area contributed by atoms with Gasteiger partial charge in [-0.05, 0) is 30.3 Å². The summed E-state index contributed by atoms with van der Waals surface area (Å²) in [4.78, 5) is 37.7. The van der Waals surface area contributed by atoms with E-state index in [1.807, 2.05) is 6.07 Å². The van der Waals surface area contributed by atoms with Gasteiger partial charge in [-0.1, -0.05) is 54.1 Å². The molecule has 1 N–H and O–H groups in total. The van der Waals surface area contributed by atoms with E-state index in [-0.39, 0.29) is 28.1 Å². The summed E-state index contributed by atoms with van der Waals surface area (Å²) in [5.41, 5.74) is 0.946. The van der Waals surface area contributed by atoms with E-state index in [4.69, 9.17) is 25.5 Å². The Morgan fingerprint density at radius 1 is 1.00 bits per heavy atom. The lowest BCUT2D eigenvalue weighted by Crippen LogP contribution is -2.23. The minimum absolute atomic E-state index is 0.118. The highest BCUT2D eigenvalue weighted by Gasteiger charge is 2.20. The maximum Gasteiger partial charge on any atom is 0.339 e. The van der Waals surface area contributed by atoms with Crippen LogP contribution in [0.3, 0.4) is 0 Å². The molecule has 0 bridgehead atoms. The Kier molecular flexibility index (Phi) is 6.42. The van der Waals surface area contributed by atoms with E-state index in [1.54, 1.807) is 54.6 Å².